The molecule has 2 heterocycles. The van der Waals surface area contributed by atoms with Gasteiger partial charge in [-0.05, 0) is 28.7 Å². The summed E-state index contributed by atoms with van der Waals surface area (Å²) < 4.78 is 0. The lowest BCUT2D eigenvalue weighted by Crippen LogP contribution is -2.33. The fraction of sp³-hybridized carbons (Fsp3) is 0.238. The van der Waals surface area contributed by atoms with Crippen LogP contribution in [0.5, 0.6) is 0 Å². The molecular weight excluding hydrogens is 310 g/mol. The van der Waals surface area contributed by atoms with E-state index in [2.05, 4.69) is 59.7 Å². The number of amides is 1. The minimum atomic E-state index is -0.228. The molecule has 1 unspecified atom stereocenters. The maximum Gasteiger partial charge on any atom is 0.248 e. The number of rotatable bonds is 3. The van der Waals surface area contributed by atoms with Gasteiger partial charge in [-0.1, -0.05) is 56.3 Å². The largest absolute Gasteiger partial charge is 0.361 e. The first kappa shape index (κ1) is 15.6. The van der Waals surface area contributed by atoms with Crippen molar-refractivity contribution in [3.8, 4) is 0 Å². The van der Waals surface area contributed by atoms with Crippen LogP contribution >= 0.6 is 0 Å². The van der Waals surface area contributed by atoms with Gasteiger partial charge in [0, 0.05) is 23.5 Å². The lowest BCUT2D eigenvalue weighted by molar-refractivity contribution is -0.122. The molecule has 0 saturated carbocycles. The van der Waals surface area contributed by atoms with Gasteiger partial charge in [-0.25, -0.2) is 5.43 Å². The van der Waals surface area contributed by atoms with Crippen molar-refractivity contribution in [2.24, 2.45) is 5.10 Å². The van der Waals surface area contributed by atoms with Crippen molar-refractivity contribution in [2.45, 2.75) is 32.1 Å². The number of aromatic nitrogens is 1. The highest BCUT2D eigenvalue weighted by atomic mass is 16.2. The van der Waals surface area contributed by atoms with Gasteiger partial charge in [0.15, 0.2) is 0 Å². The van der Waals surface area contributed by atoms with Crippen LogP contribution in [0.2, 0.25) is 0 Å². The summed E-state index contributed by atoms with van der Waals surface area (Å²) in [7, 11) is 0. The molecule has 0 saturated heterocycles. The van der Waals surface area contributed by atoms with E-state index in [0.29, 0.717) is 12.3 Å². The van der Waals surface area contributed by atoms with Crippen LogP contribution in [0.25, 0.3) is 10.9 Å². The maximum atomic E-state index is 12.4. The number of benzene rings is 2. The zero-order valence-electron chi connectivity index (χ0n) is 14.4. The first-order chi connectivity index (χ1) is 12.1. The molecule has 0 bridgehead atoms. The topological polar surface area (TPSA) is 57.2 Å². The number of nitrogens with zero attached hydrogens (tertiary/aromatic N) is 1. The molecule has 2 aromatic carbocycles. The number of hydrazone groups is 1. The van der Waals surface area contributed by atoms with Crippen molar-refractivity contribution in [1.82, 2.24) is 10.4 Å². The molecular formula is C21H21N3O. The van der Waals surface area contributed by atoms with Crippen molar-refractivity contribution in [2.75, 3.05) is 0 Å². The number of aromatic amines is 1. The highest BCUT2D eigenvalue weighted by Crippen LogP contribution is 2.31. The fourth-order valence-electron chi connectivity index (χ4n) is 3.41. The summed E-state index contributed by atoms with van der Waals surface area (Å²) >= 11 is 0. The van der Waals surface area contributed by atoms with E-state index in [4.69, 9.17) is 0 Å². The zero-order valence-corrected chi connectivity index (χ0v) is 14.4. The highest BCUT2D eigenvalue weighted by molar-refractivity contribution is 6.07. The van der Waals surface area contributed by atoms with Gasteiger partial charge in [-0.3, -0.25) is 4.79 Å². The molecule has 25 heavy (non-hydrogen) atoms. The molecule has 0 aliphatic carbocycles. The Kier molecular flexibility index (Phi) is 3.88. The number of fused-ring (bicyclic) bond motifs is 1. The van der Waals surface area contributed by atoms with Gasteiger partial charge in [0.25, 0.3) is 0 Å². The number of nitrogens with one attached hydrogen (secondary N) is 2. The predicted molar refractivity (Wildman–Crippen MR) is 101 cm³/mol. The third kappa shape index (κ3) is 2.84. The van der Waals surface area contributed by atoms with Gasteiger partial charge >= 0.3 is 0 Å². The van der Waals surface area contributed by atoms with Crippen molar-refractivity contribution in [3.05, 3.63) is 71.4 Å². The second-order valence-electron chi connectivity index (χ2n) is 6.86. The molecule has 2 N–H and O–H groups in total. The van der Waals surface area contributed by atoms with E-state index in [-0.39, 0.29) is 11.8 Å². The average Bonchev–Trinajstić information content (AvgIpc) is 3.06. The van der Waals surface area contributed by atoms with E-state index in [1.807, 2.05) is 24.4 Å². The Balaban J connectivity index is 1.66. The zero-order chi connectivity index (χ0) is 17.4. The number of carbonyl (C=O) groups excluding carboxylic acids is 1. The van der Waals surface area contributed by atoms with Crippen LogP contribution in [-0.2, 0) is 4.79 Å². The van der Waals surface area contributed by atoms with Gasteiger partial charge in [-0.15, -0.1) is 0 Å². The van der Waals surface area contributed by atoms with Gasteiger partial charge in [0.1, 0.15) is 0 Å². The Bertz CT molecular complexity index is 951. The molecule has 4 nitrogen and oxygen atoms in total. The number of hydrogen-bond acceptors (Lipinski definition) is 2. The van der Waals surface area contributed by atoms with Crippen molar-refractivity contribution < 1.29 is 4.79 Å². The van der Waals surface area contributed by atoms with Crippen LogP contribution in [0.4, 0.5) is 0 Å². The average molecular weight is 331 g/mol. The monoisotopic (exact) mass is 331 g/mol. The molecule has 1 aliphatic heterocycles. The van der Waals surface area contributed by atoms with Crippen LogP contribution in [-0.4, -0.2) is 16.6 Å². The van der Waals surface area contributed by atoms with E-state index in [0.717, 1.165) is 27.7 Å². The van der Waals surface area contributed by atoms with E-state index >= 15 is 0 Å². The lowest BCUT2D eigenvalue weighted by Gasteiger charge is -2.21. The summed E-state index contributed by atoms with van der Waals surface area (Å²) in [6, 6.07) is 16.5. The third-order valence-corrected chi connectivity index (χ3v) is 4.92. The number of hydrogen-bond donors (Lipinski definition) is 2. The van der Waals surface area contributed by atoms with Crippen LogP contribution in [0.15, 0.2) is 59.8 Å². The molecule has 3 aromatic rings. The first-order valence-corrected chi connectivity index (χ1v) is 8.66. The second kappa shape index (κ2) is 6.20. The molecule has 126 valence electrons. The molecule has 4 heteroatoms. The molecule has 4 rings (SSSR count). The van der Waals surface area contributed by atoms with Crippen LogP contribution in [0, 0.1) is 0 Å². The van der Waals surface area contributed by atoms with Crippen molar-refractivity contribution in [3.63, 3.8) is 0 Å². The van der Waals surface area contributed by atoms with E-state index in [1.54, 1.807) is 0 Å². The Morgan fingerprint density at radius 1 is 1.08 bits per heavy atom. The van der Waals surface area contributed by atoms with Crippen LogP contribution < -0.4 is 5.43 Å². The summed E-state index contributed by atoms with van der Waals surface area (Å²) in [5.41, 5.74) is 8.07. The number of carbonyl (C=O) groups is 1. The van der Waals surface area contributed by atoms with E-state index in [9.17, 15) is 4.79 Å². The first-order valence-electron chi connectivity index (χ1n) is 8.66. The lowest BCUT2D eigenvalue weighted by atomic mass is 9.88. The number of para-hydroxylation sites is 1. The Labute approximate surface area is 147 Å². The van der Waals surface area contributed by atoms with Gasteiger partial charge in [0.2, 0.25) is 5.91 Å². The Morgan fingerprint density at radius 2 is 1.84 bits per heavy atom. The minimum Gasteiger partial charge on any atom is -0.361 e. The van der Waals surface area contributed by atoms with Gasteiger partial charge in [0.05, 0.1) is 11.6 Å². The third-order valence-electron chi connectivity index (χ3n) is 4.92. The smallest absolute Gasteiger partial charge is 0.248 e. The standard InChI is InChI=1S/C21H21N3O/c1-13(2)14-7-9-15(10-8-14)20-11-17(21(25)24-23-20)18-12-22-19-6-4-3-5-16(18)19/h3-10,12-13,17,22H,11H2,1-2H3,(H,24,25). The summed E-state index contributed by atoms with van der Waals surface area (Å²) in [6.07, 6.45) is 2.55. The quantitative estimate of drug-likeness (QED) is 0.738. The predicted octanol–water partition coefficient (Wildman–Crippen LogP) is 4.30. The summed E-state index contributed by atoms with van der Waals surface area (Å²) in [5.74, 6) is 0.224. The number of H-pyrrole nitrogens is 1. The van der Waals surface area contributed by atoms with E-state index in [1.165, 1.54) is 5.56 Å². The molecule has 0 fully saturated rings. The second-order valence-corrected chi connectivity index (χ2v) is 6.86. The maximum absolute atomic E-state index is 12.4. The summed E-state index contributed by atoms with van der Waals surface area (Å²) in [4.78, 5) is 15.7. The molecule has 0 spiro atoms. The van der Waals surface area contributed by atoms with Crippen LogP contribution in [0.3, 0.4) is 0 Å². The SMILES string of the molecule is CC(C)c1ccc(C2=NNC(=O)C(c3c[nH]c4ccccc34)C2)cc1. The van der Waals surface area contributed by atoms with Gasteiger partial charge < -0.3 is 4.98 Å². The molecule has 1 aliphatic rings. The van der Waals surface area contributed by atoms with Crippen molar-refractivity contribution in [1.29, 1.82) is 0 Å². The van der Waals surface area contributed by atoms with Crippen LogP contribution in [0.1, 0.15) is 48.8 Å². The highest BCUT2D eigenvalue weighted by Gasteiger charge is 2.29. The fourth-order valence-corrected chi connectivity index (χ4v) is 3.41. The van der Waals surface area contributed by atoms with Gasteiger partial charge in [-0.2, -0.15) is 5.10 Å². The summed E-state index contributed by atoms with van der Waals surface area (Å²) in [6.45, 7) is 4.36. The van der Waals surface area contributed by atoms with E-state index < -0.39 is 0 Å². The molecule has 1 atom stereocenters. The molecule has 1 aromatic heterocycles. The van der Waals surface area contributed by atoms with Crippen molar-refractivity contribution >= 4 is 22.5 Å². The normalized spacial score (nSPS) is 17.6. The minimum absolute atomic E-state index is 0.0488. The Hall–Kier alpha value is -2.88. The Morgan fingerprint density at radius 3 is 2.60 bits per heavy atom. The molecule has 1 amide bonds. The molecule has 0 radical (unpaired) electrons. The summed E-state index contributed by atoms with van der Waals surface area (Å²) in [5, 5.41) is 5.40.